The Morgan fingerprint density at radius 2 is 2.29 bits per heavy atom. The maximum absolute atomic E-state index is 10.5. The molecule has 0 aliphatic carbocycles. The first kappa shape index (κ1) is 11.5. The Bertz CT molecular complexity index is 425. The van der Waals surface area contributed by atoms with Gasteiger partial charge in [-0.1, -0.05) is 0 Å². The minimum absolute atomic E-state index is 0.244. The van der Waals surface area contributed by atoms with Crippen molar-refractivity contribution in [3.05, 3.63) is 12.1 Å². The average molecular weight is 237 g/mol. The van der Waals surface area contributed by atoms with Crippen molar-refractivity contribution in [3.63, 3.8) is 0 Å². The summed E-state index contributed by atoms with van der Waals surface area (Å²) in [5.41, 5.74) is 11.6. The Kier molecular flexibility index (Phi) is 3.01. The van der Waals surface area contributed by atoms with Crippen LogP contribution in [0.15, 0.2) is 12.1 Å². The highest BCUT2D eigenvalue weighted by molar-refractivity contribution is 5.63. The van der Waals surface area contributed by atoms with Gasteiger partial charge in [0.05, 0.1) is 11.8 Å². The number of hydrogen-bond acceptors (Lipinski definition) is 6. The third-order valence-electron chi connectivity index (χ3n) is 2.84. The monoisotopic (exact) mass is 237 g/mol. The standard InChI is InChI=1S/C10H15N5O2/c11-6-1-2-8(14-9(6)12)15-4-3-7(17)10(15)13-5-16/h1-2,5,7,10,17H,3-4,11H2,(H2,12,14)(H,13,16). The van der Waals surface area contributed by atoms with Gasteiger partial charge >= 0.3 is 0 Å². The predicted octanol–water partition coefficient (Wildman–Crippen LogP) is -1.11. The van der Waals surface area contributed by atoms with Crippen LogP contribution in [0.1, 0.15) is 6.42 Å². The van der Waals surface area contributed by atoms with Gasteiger partial charge < -0.3 is 26.8 Å². The highest BCUT2D eigenvalue weighted by Gasteiger charge is 2.33. The minimum Gasteiger partial charge on any atom is -0.396 e. The molecule has 1 amide bonds. The van der Waals surface area contributed by atoms with E-state index in [1.165, 1.54) is 0 Å². The van der Waals surface area contributed by atoms with Crippen LogP contribution in [-0.2, 0) is 4.79 Å². The third kappa shape index (κ3) is 2.09. The summed E-state index contributed by atoms with van der Waals surface area (Å²) in [5.74, 6) is 0.835. The van der Waals surface area contributed by atoms with Crippen molar-refractivity contribution >= 4 is 23.7 Å². The topological polar surface area (TPSA) is 118 Å². The van der Waals surface area contributed by atoms with E-state index in [4.69, 9.17) is 11.5 Å². The molecule has 92 valence electrons. The number of aliphatic hydroxyl groups is 1. The number of aromatic nitrogens is 1. The Hall–Kier alpha value is -2.02. The molecule has 1 fully saturated rings. The Morgan fingerprint density at radius 1 is 1.53 bits per heavy atom. The second kappa shape index (κ2) is 4.46. The van der Waals surface area contributed by atoms with Crippen LogP contribution in [0.2, 0.25) is 0 Å². The van der Waals surface area contributed by atoms with Gasteiger partial charge in [0.2, 0.25) is 6.41 Å². The Morgan fingerprint density at radius 3 is 2.94 bits per heavy atom. The number of anilines is 3. The number of nitrogen functional groups attached to an aromatic ring is 2. The summed E-state index contributed by atoms with van der Waals surface area (Å²) in [7, 11) is 0. The van der Waals surface area contributed by atoms with Crippen molar-refractivity contribution in [2.45, 2.75) is 18.7 Å². The van der Waals surface area contributed by atoms with E-state index in [9.17, 15) is 9.90 Å². The lowest BCUT2D eigenvalue weighted by Crippen LogP contribution is -2.46. The lowest BCUT2D eigenvalue weighted by molar-refractivity contribution is -0.110. The minimum atomic E-state index is -0.610. The molecule has 1 aliphatic rings. The van der Waals surface area contributed by atoms with E-state index in [0.29, 0.717) is 30.9 Å². The summed E-state index contributed by atoms with van der Waals surface area (Å²) in [6.45, 7) is 0.600. The van der Waals surface area contributed by atoms with Crippen LogP contribution in [-0.4, -0.2) is 35.3 Å². The fourth-order valence-electron chi connectivity index (χ4n) is 1.94. The molecule has 7 nitrogen and oxygen atoms in total. The molecule has 0 bridgehead atoms. The second-order valence-electron chi connectivity index (χ2n) is 3.92. The molecule has 17 heavy (non-hydrogen) atoms. The van der Waals surface area contributed by atoms with Crippen LogP contribution in [0.5, 0.6) is 0 Å². The number of nitrogens with one attached hydrogen (secondary N) is 1. The van der Waals surface area contributed by atoms with Gasteiger partial charge in [0.1, 0.15) is 17.8 Å². The van der Waals surface area contributed by atoms with Gasteiger partial charge in [-0.3, -0.25) is 4.79 Å². The van der Waals surface area contributed by atoms with Gasteiger partial charge in [-0.15, -0.1) is 0 Å². The van der Waals surface area contributed by atoms with Crippen LogP contribution in [0.3, 0.4) is 0 Å². The summed E-state index contributed by atoms with van der Waals surface area (Å²) in [5, 5.41) is 12.3. The number of hydrogen-bond donors (Lipinski definition) is 4. The van der Waals surface area contributed by atoms with Crippen molar-refractivity contribution < 1.29 is 9.90 Å². The molecule has 0 aromatic carbocycles. The van der Waals surface area contributed by atoms with Gasteiger partial charge in [-0.25, -0.2) is 4.98 Å². The van der Waals surface area contributed by atoms with Crippen molar-refractivity contribution in [1.82, 2.24) is 10.3 Å². The van der Waals surface area contributed by atoms with Crippen LogP contribution >= 0.6 is 0 Å². The molecular weight excluding hydrogens is 222 g/mol. The van der Waals surface area contributed by atoms with Crippen molar-refractivity contribution in [1.29, 1.82) is 0 Å². The molecule has 1 aromatic heterocycles. The quantitative estimate of drug-likeness (QED) is 0.495. The predicted molar refractivity (Wildman–Crippen MR) is 64.0 cm³/mol. The SMILES string of the molecule is Nc1ccc(N2CCC(O)C2NC=O)nc1N. The molecule has 2 unspecified atom stereocenters. The zero-order chi connectivity index (χ0) is 12.4. The van der Waals surface area contributed by atoms with Crippen molar-refractivity contribution in [2.24, 2.45) is 0 Å². The van der Waals surface area contributed by atoms with Gasteiger partial charge in [-0.05, 0) is 18.6 Å². The van der Waals surface area contributed by atoms with Gasteiger partial charge in [0, 0.05) is 6.54 Å². The first-order chi connectivity index (χ1) is 8.13. The normalized spacial score (nSPS) is 23.7. The average Bonchev–Trinajstić information content (AvgIpc) is 2.66. The van der Waals surface area contributed by atoms with E-state index in [-0.39, 0.29) is 5.82 Å². The Balaban J connectivity index is 2.26. The molecule has 6 N–H and O–H groups in total. The summed E-state index contributed by atoms with van der Waals surface area (Å²) in [6.07, 6.45) is 0.0495. The van der Waals surface area contributed by atoms with E-state index in [1.54, 1.807) is 17.0 Å². The molecule has 1 aromatic rings. The Labute approximate surface area is 98.4 Å². The number of amides is 1. The highest BCUT2D eigenvalue weighted by atomic mass is 16.3. The first-order valence-corrected chi connectivity index (χ1v) is 5.30. The number of nitrogens with two attached hydrogens (primary N) is 2. The molecule has 7 heteroatoms. The number of carbonyl (C=O) groups is 1. The second-order valence-corrected chi connectivity index (χ2v) is 3.92. The van der Waals surface area contributed by atoms with E-state index >= 15 is 0 Å². The largest absolute Gasteiger partial charge is 0.396 e. The van der Waals surface area contributed by atoms with Gasteiger partial charge in [-0.2, -0.15) is 0 Å². The molecule has 0 spiro atoms. The van der Waals surface area contributed by atoms with E-state index < -0.39 is 12.3 Å². The fourth-order valence-corrected chi connectivity index (χ4v) is 1.94. The summed E-state index contributed by atoms with van der Waals surface area (Å²) >= 11 is 0. The van der Waals surface area contributed by atoms with Crippen LogP contribution in [0.4, 0.5) is 17.3 Å². The number of nitrogens with zero attached hydrogens (tertiary/aromatic N) is 2. The molecule has 0 radical (unpaired) electrons. The smallest absolute Gasteiger partial charge is 0.208 e. The lowest BCUT2D eigenvalue weighted by Gasteiger charge is -2.26. The molecule has 0 saturated carbocycles. The molecular formula is C10H15N5O2. The van der Waals surface area contributed by atoms with Crippen LogP contribution < -0.4 is 21.7 Å². The van der Waals surface area contributed by atoms with Gasteiger partial charge in [0.25, 0.3) is 0 Å². The van der Waals surface area contributed by atoms with Crippen LogP contribution in [0.25, 0.3) is 0 Å². The zero-order valence-corrected chi connectivity index (χ0v) is 9.21. The molecule has 1 aliphatic heterocycles. The molecule has 2 rings (SSSR count). The van der Waals surface area contributed by atoms with E-state index in [1.807, 2.05) is 0 Å². The van der Waals surface area contributed by atoms with Crippen molar-refractivity contribution in [3.8, 4) is 0 Å². The first-order valence-electron chi connectivity index (χ1n) is 5.30. The third-order valence-corrected chi connectivity index (χ3v) is 2.84. The van der Waals surface area contributed by atoms with Gasteiger partial charge in [0.15, 0.2) is 0 Å². The molecule has 1 saturated heterocycles. The van der Waals surface area contributed by atoms with E-state index in [2.05, 4.69) is 10.3 Å². The number of pyridine rings is 1. The number of carbonyl (C=O) groups excluding carboxylic acids is 1. The van der Waals surface area contributed by atoms with Crippen molar-refractivity contribution in [2.75, 3.05) is 22.9 Å². The zero-order valence-electron chi connectivity index (χ0n) is 9.21. The highest BCUT2D eigenvalue weighted by Crippen LogP contribution is 2.25. The summed E-state index contributed by atoms with van der Waals surface area (Å²) in [4.78, 5) is 16.4. The number of aliphatic hydroxyl groups excluding tert-OH is 1. The van der Waals surface area contributed by atoms with E-state index in [0.717, 1.165) is 0 Å². The maximum atomic E-state index is 10.5. The fraction of sp³-hybridized carbons (Fsp3) is 0.400. The maximum Gasteiger partial charge on any atom is 0.208 e. The summed E-state index contributed by atoms with van der Waals surface area (Å²) in [6, 6.07) is 3.36. The lowest BCUT2D eigenvalue weighted by atomic mass is 10.3. The van der Waals surface area contributed by atoms with Crippen LogP contribution in [0, 0.1) is 0 Å². The molecule has 2 heterocycles. The number of rotatable bonds is 3. The molecule has 2 atom stereocenters. The summed E-state index contributed by atoms with van der Waals surface area (Å²) < 4.78 is 0.